The largest absolute Gasteiger partial charge is 0.404 e. The van der Waals surface area contributed by atoms with Crippen LogP contribution in [0.2, 0.25) is 0 Å². The molecule has 0 atom stereocenters. The van der Waals surface area contributed by atoms with Gasteiger partial charge >= 0.3 is 0 Å². The third-order valence-electron chi connectivity index (χ3n) is 4.22. The van der Waals surface area contributed by atoms with Crippen molar-refractivity contribution in [2.24, 2.45) is 10.7 Å². The third kappa shape index (κ3) is 3.41. The monoisotopic (exact) mass is 368 g/mol. The van der Waals surface area contributed by atoms with E-state index in [9.17, 15) is 0 Å². The smallest absolute Gasteiger partial charge is 0.250 e. The summed E-state index contributed by atoms with van der Waals surface area (Å²) in [7, 11) is 0. The number of nitriles is 1. The van der Waals surface area contributed by atoms with E-state index in [1.165, 1.54) is 12.4 Å². The molecule has 4 aromatic rings. The molecule has 0 fully saturated rings. The Morgan fingerprint density at radius 2 is 2.11 bits per heavy atom. The van der Waals surface area contributed by atoms with Crippen molar-refractivity contribution >= 4 is 28.5 Å². The second-order valence-corrected chi connectivity index (χ2v) is 6.06. The van der Waals surface area contributed by atoms with E-state index in [0.29, 0.717) is 23.5 Å². The third-order valence-corrected chi connectivity index (χ3v) is 4.22. The first-order valence-electron chi connectivity index (χ1n) is 8.61. The Balaban J connectivity index is 1.68. The van der Waals surface area contributed by atoms with Crippen LogP contribution in [0.4, 0.5) is 0 Å². The minimum atomic E-state index is 0.0557. The van der Waals surface area contributed by atoms with Crippen LogP contribution in [-0.2, 0) is 6.42 Å². The Bertz CT molecular complexity index is 1250. The van der Waals surface area contributed by atoms with Gasteiger partial charge in [-0.15, -0.1) is 0 Å². The highest BCUT2D eigenvalue weighted by atomic mass is 15.3. The number of fused-ring (bicyclic) bond motifs is 2. The van der Waals surface area contributed by atoms with Crippen LogP contribution in [0.5, 0.6) is 0 Å². The molecule has 0 radical (unpaired) electrons. The zero-order chi connectivity index (χ0) is 19.3. The molecule has 8 heteroatoms. The summed E-state index contributed by atoms with van der Waals surface area (Å²) in [6, 6.07) is 12.1. The molecule has 1 aromatic carbocycles. The molecule has 0 saturated carbocycles. The van der Waals surface area contributed by atoms with Crippen LogP contribution in [0, 0.1) is 11.3 Å². The molecular weight excluding hydrogens is 352 g/mol. The number of imidazole rings is 1. The van der Waals surface area contributed by atoms with Gasteiger partial charge in [0.25, 0.3) is 5.78 Å². The number of aromatic nitrogens is 5. The Kier molecular flexibility index (Phi) is 4.72. The highest BCUT2D eigenvalue weighted by molar-refractivity contribution is 6.08. The van der Waals surface area contributed by atoms with E-state index in [0.717, 1.165) is 22.2 Å². The number of benzene rings is 1. The predicted molar refractivity (Wildman–Crippen MR) is 106 cm³/mol. The van der Waals surface area contributed by atoms with Crippen molar-refractivity contribution in [1.82, 2.24) is 24.6 Å². The van der Waals surface area contributed by atoms with Gasteiger partial charge in [0.05, 0.1) is 29.7 Å². The molecule has 3 aromatic heterocycles. The molecule has 3 heterocycles. The number of pyridine rings is 1. The Labute approximate surface area is 160 Å². The maximum atomic E-state index is 8.62. The van der Waals surface area contributed by atoms with Gasteiger partial charge in [0.2, 0.25) is 0 Å². The van der Waals surface area contributed by atoms with Crippen LogP contribution in [-0.4, -0.2) is 37.3 Å². The number of nitrogens with zero attached hydrogens (tertiary/aromatic N) is 7. The lowest BCUT2D eigenvalue weighted by atomic mass is 10.1. The van der Waals surface area contributed by atoms with Crippen LogP contribution in [0.15, 0.2) is 60.1 Å². The summed E-state index contributed by atoms with van der Waals surface area (Å²) in [6.45, 7) is 0.0557. The van der Waals surface area contributed by atoms with Gasteiger partial charge in [-0.3, -0.25) is 9.98 Å². The normalized spacial score (nSPS) is 12.0. The molecular formula is C20H16N8. The van der Waals surface area contributed by atoms with Gasteiger partial charge in [0, 0.05) is 36.0 Å². The van der Waals surface area contributed by atoms with Crippen LogP contribution in [0.3, 0.4) is 0 Å². The highest BCUT2D eigenvalue weighted by Gasteiger charge is 2.10. The van der Waals surface area contributed by atoms with Crippen molar-refractivity contribution < 1.29 is 0 Å². The molecule has 8 nitrogen and oxygen atoms in total. The lowest BCUT2D eigenvalue weighted by molar-refractivity contribution is 0.840. The molecule has 0 saturated heterocycles. The molecule has 4 rings (SSSR count). The summed E-state index contributed by atoms with van der Waals surface area (Å²) in [4.78, 5) is 17.0. The second kappa shape index (κ2) is 7.63. The van der Waals surface area contributed by atoms with Gasteiger partial charge < -0.3 is 5.73 Å². The number of nitrogens with two attached hydrogens (primary N) is 1. The van der Waals surface area contributed by atoms with Crippen LogP contribution in [0.25, 0.3) is 22.3 Å². The first-order valence-corrected chi connectivity index (χ1v) is 8.61. The predicted octanol–water partition coefficient (Wildman–Crippen LogP) is 2.16. The van der Waals surface area contributed by atoms with Gasteiger partial charge in [-0.05, 0) is 23.8 Å². The Hall–Kier alpha value is -4.12. The summed E-state index contributed by atoms with van der Waals surface area (Å²) >= 11 is 0. The quantitative estimate of drug-likeness (QED) is 0.426. The zero-order valence-electron chi connectivity index (χ0n) is 14.9. The maximum absolute atomic E-state index is 8.62. The summed E-state index contributed by atoms with van der Waals surface area (Å²) in [5, 5.41) is 14.3. The number of aliphatic imine (C=N–C) groups is 1. The van der Waals surface area contributed by atoms with Crippen molar-refractivity contribution in [1.29, 1.82) is 5.26 Å². The SMILES string of the molecule is N#CCN=CC(=CN)c1cnc2ncc(Cc3ccc4ncccc4c3)n2n1. The Morgan fingerprint density at radius 1 is 1.21 bits per heavy atom. The van der Waals surface area contributed by atoms with E-state index in [1.54, 1.807) is 23.1 Å². The fourth-order valence-electron chi connectivity index (χ4n) is 2.90. The molecule has 0 unspecified atom stereocenters. The van der Waals surface area contributed by atoms with E-state index in [4.69, 9.17) is 11.0 Å². The van der Waals surface area contributed by atoms with Crippen LogP contribution < -0.4 is 5.73 Å². The summed E-state index contributed by atoms with van der Waals surface area (Å²) < 4.78 is 1.70. The zero-order valence-corrected chi connectivity index (χ0v) is 14.9. The van der Waals surface area contributed by atoms with Gasteiger partial charge in [-0.1, -0.05) is 12.1 Å². The highest BCUT2D eigenvalue weighted by Crippen LogP contribution is 2.17. The summed E-state index contributed by atoms with van der Waals surface area (Å²) in [5.41, 5.74) is 9.81. The van der Waals surface area contributed by atoms with Crippen LogP contribution >= 0.6 is 0 Å². The molecule has 0 aliphatic carbocycles. The van der Waals surface area contributed by atoms with E-state index >= 15 is 0 Å². The molecule has 136 valence electrons. The minimum Gasteiger partial charge on any atom is -0.404 e. The molecule has 0 amide bonds. The van der Waals surface area contributed by atoms with Gasteiger partial charge in [-0.2, -0.15) is 10.4 Å². The standard InChI is InChI=1S/C20H16N8/c21-5-7-23-11-16(10-22)19-13-26-20-25-12-17(28(20)27-19)9-14-3-4-18-15(8-14)2-1-6-24-18/h1-4,6,8,10-13H,7,9,22H2. The number of hydrogen-bond donors (Lipinski definition) is 1. The first kappa shape index (κ1) is 17.3. The second-order valence-electron chi connectivity index (χ2n) is 6.06. The lowest BCUT2D eigenvalue weighted by Gasteiger charge is -2.05. The van der Waals surface area contributed by atoms with Crippen molar-refractivity contribution in [3.63, 3.8) is 0 Å². The maximum Gasteiger partial charge on any atom is 0.250 e. The molecule has 0 bridgehead atoms. The van der Waals surface area contributed by atoms with Gasteiger partial charge in [-0.25, -0.2) is 14.5 Å². The summed E-state index contributed by atoms with van der Waals surface area (Å²) in [6.07, 6.45) is 8.70. The average molecular weight is 368 g/mol. The topological polar surface area (TPSA) is 118 Å². The van der Waals surface area contributed by atoms with E-state index in [-0.39, 0.29) is 6.54 Å². The lowest BCUT2D eigenvalue weighted by Crippen LogP contribution is -2.05. The molecule has 0 aliphatic heterocycles. The molecule has 0 spiro atoms. The van der Waals surface area contributed by atoms with Gasteiger partial charge in [0.15, 0.2) is 0 Å². The van der Waals surface area contributed by atoms with Crippen molar-refractivity contribution in [2.75, 3.05) is 6.54 Å². The van der Waals surface area contributed by atoms with E-state index in [1.807, 2.05) is 30.3 Å². The molecule has 0 aliphatic rings. The Morgan fingerprint density at radius 3 is 2.96 bits per heavy atom. The average Bonchev–Trinajstić information content (AvgIpc) is 3.13. The minimum absolute atomic E-state index is 0.0557. The number of hydrogen-bond acceptors (Lipinski definition) is 7. The number of rotatable bonds is 5. The summed E-state index contributed by atoms with van der Waals surface area (Å²) in [5.74, 6) is 0.506. The van der Waals surface area contributed by atoms with Crippen molar-refractivity contribution in [3.8, 4) is 6.07 Å². The fourth-order valence-corrected chi connectivity index (χ4v) is 2.90. The first-order chi connectivity index (χ1) is 13.8. The van der Waals surface area contributed by atoms with E-state index < -0.39 is 0 Å². The van der Waals surface area contributed by atoms with Crippen molar-refractivity contribution in [2.45, 2.75) is 6.42 Å². The van der Waals surface area contributed by atoms with Crippen LogP contribution in [0.1, 0.15) is 17.0 Å². The number of allylic oxidation sites excluding steroid dienone is 1. The molecule has 2 N–H and O–H groups in total. The molecule has 28 heavy (non-hydrogen) atoms. The van der Waals surface area contributed by atoms with Crippen molar-refractivity contribution in [3.05, 3.63) is 72.1 Å². The fraction of sp³-hybridized carbons (Fsp3) is 0.100. The van der Waals surface area contributed by atoms with E-state index in [2.05, 4.69) is 31.1 Å². The van der Waals surface area contributed by atoms with Gasteiger partial charge in [0.1, 0.15) is 12.2 Å².